The summed E-state index contributed by atoms with van der Waals surface area (Å²) in [6, 6.07) is 18.8. The molecule has 3 N–H and O–H groups in total. The Balaban J connectivity index is 0.00000341. The Kier molecular flexibility index (Phi) is 10.6. The van der Waals surface area contributed by atoms with Gasteiger partial charge in [0, 0.05) is 50.5 Å². The first-order valence-electron chi connectivity index (χ1n) is 10.9. The predicted octanol–water partition coefficient (Wildman–Crippen LogP) is 3.43. The third kappa shape index (κ3) is 7.72. The minimum Gasteiger partial charge on any atom is -0.371 e. The topological polar surface area (TPSA) is 68.8 Å². The first-order chi connectivity index (χ1) is 14.7. The second-order valence-corrected chi connectivity index (χ2v) is 7.53. The van der Waals surface area contributed by atoms with Crippen LogP contribution in [-0.4, -0.2) is 51.1 Å². The SMILES string of the molecule is CCNC(=NCCc1cccc(C(=O)NC)c1)NC1CCN(c2ccccc2)CC1.I. The van der Waals surface area contributed by atoms with Crippen LogP contribution in [-0.2, 0) is 6.42 Å². The third-order valence-electron chi connectivity index (χ3n) is 5.39. The van der Waals surface area contributed by atoms with E-state index in [1.165, 1.54) is 5.69 Å². The highest BCUT2D eigenvalue weighted by Crippen LogP contribution is 2.19. The van der Waals surface area contributed by atoms with Gasteiger partial charge in [-0.05, 0) is 56.0 Å². The number of hydrogen-bond donors (Lipinski definition) is 3. The number of piperidine rings is 1. The van der Waals surface area contributed by atoms with Crippen molar-refractivity contribution in [1.29, 1.82) is 0 Å². The molecule has 1 aliphatic rings. The lowest BCUT2D eigenvalue weighted by Gasteiger charge is -2.34. The maximum Gasteiger partial charge on any atom is 0.251 e. The summed E-state index contributed by atoms with van der Waals surface area (Å²) in [6.45, 7) is 5.69. The number of anilines is 1. The number of guanidine groups is 1. The van der Waals surface area contributed by atoms with E-state index in [-0.39, 0.29) is 29.9 Å². The highest BCUT2D eigenvalue weighted by Gasteiger charge is 2.20. The molecule has 0 radical (unpaired) electrons. The lowest BCUT2D eigenvalue weighted by Crippen LogP contribution is -2.48. The maximum atomic E-state index is 11.8. The summed E-state index contributed by atoms with van der Waals surface area (Å²) in [5.74, 6) is 0.815. The van der Waals surface area contributed by atoms with Crippen LogP contribution in [0.3, 0.4) is 0 Å². The van der Waals surface area contributed by atoms with Gasteiger partial charge in [0.1, 0.15) is 0 Å². The summed E-state index contributed by atoms with van der Waals surface area (Å²) in [6.07, 6.45) is 2.98. The third-order valence-corrected chi connectivity index (χ3v) is 5.39. The van der Waals surface area contributed by atoms with E-state index in [1.807, 2.05) is 24.3 Å². The zero-order valence-corrected chi connectivity index (χ0v) is 20.8. The number of hydrogen-bond acceptors (Lipinski definition) is 3. The molecule has 0 saturated carbocycles. The summed E-state index contributed by atoms with van der Waals surface area (Å²) >= 11 is 0. The van der Waals surface area contributed by atoms with E-state index in [0.29, 0.717) is 18.2 Å². The van der Waals surface area contributed by atoms with Crippen molar-refractivity contribution in [2.45, 2.75) is 32.2 Å². The summed E-state index contributed by atoms with van der Waals surface area (Å²) in [7, 11) is 1.65. The van der Waals surface area contributed by atoms with Crippen molar-refractivity contribution in [3.05, 3.63) is 65.7 Å². The predicted molar refractivity (Wildman–Crippen MR) is 140 cm³/mol. The fourth-order valence-corrected chi connectivity index (χ4v) is 3.74. The highest BCUT2D eigenvalue weighted by atomic mass is 127. The first kappa shape index (κ1) is 25.0. The molecule has 1 heterocycles. The molecule has 1 amide bonds. The molecule has 2 aromatic carbocycles. The van der Waals surface area contributed by atoms with Crippen molar-refractivity contribution in [1.82, 2.24) is 16.0 Å². The number of carbonyl (C=O) groups is 1. The number of benzene rings is 2. The van der Waals surface area contributed by atoms with Crippen LogP contribution in [0.4, 0.5) is 5.69 Å². The number of nitrogens with zero attached hydrogens (tertiary/aromatic N) is 2. The Morgan fingerprint density at radius 1 is 1.10 bits per heavy atom. The van der Waals surface area contributed by atoms with Crippen LogP contribution in [0.15, 0.2) is 59.6 Å². The standard InChI is InChI=1S/C24H33N5O.HI/c1-3-26-24(27-15-12-19-8-7-9-20(18-19)23(30)25-2)28-21-13-16-29(17-14-21)22-10-5-4-6-11-22;/h4-11,18,21H,3,12-17H2,1-2H3,(H,25,30)(H2,26,27,28);1H. The second kappa shape index (κ2) is 13.2. The zero-order chi connectivity index (χ0) is 21.2. The Morgan fingerprint density at radius 2 is 1.84 bits per heavy atom. The molecule has 0 aliphatic carbocycles. The van der Waals surface area contributed by atoms with E-state index >= 15 is 0 Å². The van der Waals surface area contributed by atoms with Crippen LogP contribution in [0.2, 0.25) is 0 Å². The van der Waals surface area contributed by atoms with Crippen LogP contribution in [0.5, 0.6) is 0 Å². The van der Waals surface area contributed by atoms with Crippen molar-refractivity contribution in [3.8, 4) is 0 Å². The molecule has 0 atom stereocenters. The molecular formula is C24H34IN5O. The van der Waals surface area contributed by atoms with Crippen LogP contribution in [0, 0.1) is 0 Å². The molecule has 1 saturated heterocycles. The van der Waals surface area contributed by atoms with Gasteiger partial charge in [0.2, 0.25) is 0 Å². The van der Waals surface area contributed by atoms with Crippen LogP contribution in [0.1, 0.15) is 35.7 Å². The van der Waals surface area contributed by atoms with E-state index in [9.17, 15) is 4.79 Å². The van der Waals surface area contributed by atoms with Gasteiger partial charge < -0.3 is 20.9 Å². The number of amides is 1. The van der Waals surface area contributed by atoms with Crippen molar-refractivity contribution in [2.24, 2.45) is 4.99 Å². The Morgan fingerprint density at radius 3 is 2.52 bits per heavy atom. The minimum absolute atomic E-state index is 0. The Labute approximate surface area is 202 Å². The lowest BCUT2D eigenvalue weighted by molar-refractivity contribution is 0.0963. The van der Waals surface area contributed by atoms with E-state index in [2.05, 4.69) is 58.1 Å². The molecule has 1 aliphatic heterocycles. The van der Waals surface area contributed by atoms with Crippen LogP contribution < -0.4 is 20.9 Å². The van der Waals surface area contributed by atoms with Crippen LogP contribution >= 0.6 is 24.0 Å². The number of rotatable bonds is 7. The second-order valence-electron chi connectivity index (χ2n) is 7.53. The van der Waals surface area contributed by atoms with Crippen LogP contribution in [0.25, 0.3) is 0 Å². The number of halogens is 1. The number of nitrogens with one attached hydrogen (secondary N) is 3. The lowest BCUT2D eigenvalue weighted by atomic mass is 10.0. The summed E-state index contributed by atoms with van der Waals surface area (Å²) in [4.78, 5) is 19.0. The van der Waals surface area contributed by atoms with E-state index in [4.69, 9.17) is 4.99 Å². The summed E-state index contributed by atoms with van der Waals surface area (Å²) in [5, 5.41) is 9.63. The molecular weight excluding hydrogens is 501 g/mol. The molecule has 31 heavy (non-hydrogen) atoms. The first-order valence-corrected chi connectivity index (χ1v) is 10.9. The van der Waals surface area contributed by atoms with Gasteiger partial charge in [-0.25, -0.2) is 0 Å². The summed E-state index contributed by atoms with van der Waals surface area (Å²) < 4.78 is 0. The number of aliphatic imine (C=N–C) groups is 1. The van der Waals surface area contributed by atoms with Crippen molar-refractivity contribution in [2.75, 3.05) is 38.1 Å². The average molecular weight is 535 g/mol. The van der Waals surface area contributed by atoms with E-state index in [1.54, 1.807) is 7.05 Å². The van der Waals surface area contributed by atoms with Gasteiger partial charge in [0.05, 0.1) is 0 Å². The smallest absolute Gasteiger partial charge is 0.251 e. The van der Waals surface area contributed by atoms with Gasteiger partial charge in [-0.15, -0.1) is 24.0 Å². The minimum atomic E-state index is -0.0581. The van der Waals surface area contributed by atoms with Gasteiger partial charge in [-0.2, -0.15) is 0 Å². The van der Waals surface area contributed by atoms with Crippen molar-refractivity contribution < 1.29 is 4.79 Å². The van der Waals surface area contributed by atoms with Gasteiger partial charge in [0.15, 0.2) is 5.96 Å². The average Bonchev–Trinajstić information content (AvgIpc) is 2.80. The molecule has 1 fully saturated rings. The fourth-order valence-electron chi connectivity index (χ4n) is 3.74. The zero-order valence-electron chi connectivity index (χ0n) is 18.4. The molecule has 0 spiro atoms. The normalized spacial score (nSPS) is 14.5. The number of para-hydroxylation sites is 1. The molecule has 7 heteroatoms. The van der Waals surface area contributed by atoms with Gasteiger partial charge >= 0.3 is 0 Å². The Bertz CT molecular complexity index is 835. The maximum absolute atomic E-state index is 11.8. The van der Waals surface area contributed by atoms with Gasteiger partial charge in [0.25, 0.3) is 5.91 Å². The fraction of sp³-hybridized carbons (Fsp3) is 0.417. The number of carbonyl (C=O) groups excluding carboxylic acids is 1. The van der Waals surface area contributed by atoms with Crippen molar-refractivity contribution >= 4 is 41.5 Å². The van der Waals surface area contributed by atoms with Crippen molar-refractivity contribution in [3.63, 3.8) is 0 Å². The quantitative estimate of drug-likeness (QED) is 0.289. The monoisotopic (exact) mass is 535 g/mol. The molecule has 3 rings (SSSR count). The van der Waals surface area contributed by atoms with E-state index in [0.717, 1.165) is 50.4 Å². The summed E-state index contributed by atoms with van der Waals surface area (Å²) in [5.41, 5.74) is 3.11. The molecule has 2 aromatic rings. The van der Waals surface area contributed by atoms with Gasteiger partial charge in [-0.1, -0.05) is 30.3 Å². The molecule has 0 unspecified atom stereocenters. The van der Waals surface area contributed by atoms with Gasteiger partial charge in [-0.3, -0.25) is 9.79 Å². The highest BCUT2D eigenvalue weighted by molar-refractivity contribution is 14.0. The van der Waals surface area contributed by atoms with E-state index < -0.39 is 0 Å². The Hall–Kier alpha value is -2.29. The molecule has 6 nitrogen and oxygen atoms in total. The largest absolute Gasteiger partial charge is 0.371 e. The molecule has 0 aromatic heterocycles. The molecule has 168 valence electrons. The molecule has 0 bridgehead atoms.